The molecule has 0 amide bonds. The van der Waals surface area contributed by atoms with Gasteiger partial charge in [-0.3, -0.25) is 4.98 Å². The van der Waals surface area contributed by atoms with Crippen molar-refractivity contribution in [2.45, 2.75) is 13.3 Å². The third-order valence-corrected chi connectivity index (χ3v) is 3.43. The number of hydrogen-bond donors (Lipinski definition) is 1. The smallest absolute Gasteiger partial charge is 0.357 e. The molecule has 3 aromatic rings. The number of carboxylic acids is 1. The molecule has 0 spiro atoms. The molecule has 0 radical (unpaired) electrons. The quantitative estimate of drug-likeness (QED) is 0.798. The molecule has 0 saturated carbocycles. The maximum Gasteiger partial charge on any atom is 0.357 e. The first-order valence-electron chi connectivity index (χ1n) is 6.92. The second kappa shape index (κ2) is 6.00. The number of oxazole rings is 1. The van der Waals surface area contributed by atoms with Gasteiger partial charge in [-0.2, -0.15) is 0 Å². The molecule has 0 aliphatic heterocycles. The highest BCUT2D eigenvalue weighted by molar-refractivity contribution is 5.84. The van der Waals surface area contributed by atoms with Gasteiger partial charge in [0, 0.05) is 17.5 Å². The van der Waals surface area contributed by atoms with E-state index in [1.165, 1.54) is 12.1 Å². The molecule has 2 aromatic heterocycles. The monoisotopic (exact) mass is 312 g/mol. The van der Waals surface area contributed by atoms with Gasteiger partial charge >= 0.3 is 5.97 Å². The van der Waals surface area contributed by atoms with Crippen molar-refractivity contribution in [3.05, 3.63) is 71.5 Å². The van der Waals surface area contributed by atoms with Crippen molar-refractivity contribution >= 4 is 5.97 Å². The lowest BCUT2D eigenvalue weighted by Crippen LogP contribution is -1.98. The molecule has 1 aromatic carbocycles. The highest BCUT2D eigenvalue weighted by Gasteiger charge is 2.11. The van der Waals surface area contributed by atoms with E-state index >= 15 is 0 Å². The van der Waals surface area contributed by atoms with Crippen LogP contribution in [0.5, 0.6) is 0 Å². The first kappa shape index (κ1) is 14.9. The molecule has 5 nitrogen and oxygen atoms in total. The van der Waals surface area contributed by atoms with Crippen LogP contribution in [0.1, 0.15) is 27.6 Å². The van der Waals surface area contributed by atoms with Crippen LogP contribution in [-0.4, -0.2) is 21.0 Å². The zero-order chi connectivity index (χ0) is 16.4. The average Bonchev–Trinajstić information content (AvgIpc) is 2.97. The summed E-state index contributed by atoms with van der Waals surface area (Å²) in [5.41, 5.74) is 3.20. The molecule has 2 heterocycles. The number of aromatic nitrogens is 2. The van der Waals surface area contributed by atoms with Gasteiger partial charge in [-0.1, -0.05) is 12.1 Å². The summed E-state index contributed by atoms with van der Waals surface area (Å²) in [5, 5.41) is 8.81. The van der Waals surface area contributed by atoms with Crippen LogP contribution in [0.4, 0.5) is 4.39 Å². The number of rotatable bonds is 4. The molecule has 0 unspecified atom stereocenters. The number of benzene rings is 1. The minimum atomic E-state index is -1.13. The molecule has 0 atom stereocenters. The largest absolute Gasteiger partial charge is 0.476 e. The van der Waals surface area contributed by atoms with Crippen LogP contribution in [0.25, 0.3) is 11.1 Å². The molecule has 6 heteroatoms. The van der Waals surface area contributed by atoms with Gasteiger partial charge in [-0.05, 0) is 36.2 Å². The molecule has 0 saturated heterocycles. The van der Waals surface area contributed by atoms with Crippen LogP contribution in [0.3, 0.4) is 0 Å². The number of hydrogen-bond acceptors (Lipinski definition) is 4. The van der Waals surface area contributed by atoms with E-state index in [4.69, 9.17) is 9.52 Å². The first-order valence-corrected chi connectivity index (χ1v) is 6.92. The van der Waals surface area contributed by atoms with Crippen LogP contribution < -0.4 is 0 Å². The summed E-state index contributed by atoms with van der Waals surface area (Å²) in [6.07, 6.45) is 3.10. The average molecular weight is 312 g/mol. The molecular formula is C17H13FN2O3. The molecule has 1 N–H and O–H groups in total. The van der Waals surface area contributed by atoms with Crippen molar-refractivity contribution in [1.82, 2.24) is 9.97 Å². The Morgan fingerprint density at radius 1 is 1.30 bits per heavy atom. The molecule has 0 aliphatic rings. The number of pyridine rings is 1. The van der Waals surface area contributed by atoms with Crippen LogP contribution >= 0.6 is 0 Å². The van der Waals surface area contributed by atoms with Crippen LogP contribution in [-0.2, 0) is 6.42 Å². The summed E-state index contributed by atoms with van der Waals surface area (Å²) in [4.78, 5) is 18.9. The lowest BCUT2D eigenvalue weighted by Gasteiger charge is -2.06. The Morgan fingerprint density at radius 2 is 2.13 bits per heavy atom. The summed E-state index contributed by atoms with van der Waals surface area (Å²) in [5.74, 6) is -1.11. The Morgan fingerprint density at radius 3 is 2.74 bits per heavy atom. The van der Waals surface area contributed by atoms with Gasteiger partial charge in [0.2, 0.25) is 5.89 Å². The van der Waals surface area contributed by atoms with E-state index in [2.05, 4.69) is 9.97 Å². The SMILES string of the molecule is Cc1cc(F)ccc1-c1ccc(Cc2nc(C(=O)O)co2)nc1. The summed E-state index contributed by atoms with van der Waals surface area (Å²) in [6, 6.07) is 8.29. The van der Waals surface area contributed by atoms with E-state index < -0.39 is 5.97 Å². The number of aromatic carboxylic acids is 1. The summed E-state index contributed by atoms with van der Waals surface area (Å²) >= 11 is 0. The number of carboxylic acid groups (broad SMARTS) is 1. The van der Waals surface area contributed by atoms with Gasteiger partial charge in [-0.15, -0.1) is 0 Å². The maximum atomic E-state index is 13.2. The molecule has 0 fully saturated rings. The Labute approximate surface area is 131 Å². The molecule has 3 rings (SSSR count). The van der Waals surface area contributed by atoms with Gasteiger partial charge in [0.1, 0.15) is 12.1 Å². The van der Waals surface area contributed by atoms with E-state index in [0.717, 1.165) is 23.0 Å². The predicted molar refractivity (Wildman–Crippen MR) is 80.6 cm³/mol. The first-order chi connectivity index (χ1) is 11.0. The number of nitrogens with zero attached hydrogens (tertiary/aromatic N) is 2. The van der Waals surface area contributed by atoms with Crippen molar-refractivity contribution in [3.63, 3.8) is 0 Å². The summed E-state index contributed by atoms with van der Waals surface area (Å²) in [7, 11) is 0. The van der Waals surface area contributed by atoms with Crippen LogP contribution in [0.2, 0.25) is 0 Å². The Balaban J connectivity index is 1.80. The zero-order valence-electron chi connectivity index (χ0n) is 12.3. The highest BCUT2D eigenvalue weighted by Crippen LogP contribution is 2.23. The Hall–Kier alpha value is -3.02. The fourth-order valence-electron chi connectivity index (χ4n) is 2.28. The van der Waals surface area contributed by atoms with Gasteiger partial charge < -0.3 is 9.52 Å². The normalized spacial score (nSPS) is 10.7. The molecule has 0 bridgehead atoms. The van der Waals surface area contributed by atoms with Crippen molar-refractivity contribution < 1.29 is 18.7 Å². The molecule has 0 aliphatic carbocycles. The fourth-order valence-corrected chi connectivity index (χ4v) is 2.28. The molecular weight excluding hydrogens is 299 g/mol. The minimum absolute atomic E-state index is 0.126. The fraction of sp³-hybridized carbons (Fsp3) is 0.118. The number of halogens is 1. The minimum Gasteiger partial charge on any atom is -0.476 e. The third kappa shape index (κ3) is 3.26. The van der Waals surface area contributed by atoms with Gasteiger partial charge in [0.25, 0.3) is 0 Å². The van der Waals surface area contributed by atoms with E-state index in [1.807, 2.05) is 19.1 Å². The maximum absolute atomic E-state index is 13.2. The predicted octanol–water partition coefficient (Wildman–Crippen LogP) is 3.47. The lowest BCUT2D eigenvalue weighted by atomic mass is 10.0. The number of carbonyl (C=O) groups is 1. The Kier molecular flexibility index (Phi) is 3.89. The van der Waals surface area contributed by atoms with Crippen molar-refractivity contribution in [1.29, 1.82) is 0 Å². The second-order valence-corrected chi connectivity index (χ2v) is 5.11. The van der Waals surface area contributed by atoms with Crippen molar-refractivity contribution in [2.75, 3.05) is 0 Å². The highest BCUT2D eigenvalue weighted by atomic mass is 19.1. The van der Waals surface area contributed by atoms with Crippen LogP contribution in [0.15, 0.2) is 47.2 Å². The molecule has 23 heavy (non-hydrogen) atoms. The zero-order valence-corrected chi connectivity index (χ0v) is 12.3. The number of aryl methyl sites for hydroxylation is 1. The van der Waals surface area contributed by atoms with Crippen molar-refractivity contribution in [3.8, 4) is 11.1 Å². The van der Waals surface area contributed by atoms with E-state index in [-0.39, 0.29) is 11.5 Å². The third-order valence-electron chi connectivity index (χ3n) is 3.43. The van der Waals surface area contributed by atoms with Gasteiger partial charge in [-0.25, -0.2) is 14.2 Å². The summed E-state index contributed by atoms with van der Waals surface area (Å²) < 4.78 is 18.3. The van der Waals surface area contributed by atoms with Crippen molar-refractivity contribution in [2.24, 2.45) is 0 Å². The van der Waals surface area contributed by atoms with E-state index in [0.29, 0.717) is 18.0 Å². The summed E-state index contributed by atoms with van der Waals surface area (Å²) in [6.45, 7) is 1.84. The van der Waals surface area contributed by atoms with Crippen LogP contribution in [0, 0.1) is 12.7 Å². The standard InChI is InChI=1S/C17H13FN2O3/c1-10-6-12(18)3-5-14(10)11-2-4-13(19-8-11)7-16-20-15(9-23-16)17(21)22/h2-6,8-9H,7H2,1H3,(H,21,22). The van der Waals surface area contributed by atoms with E-state index in [9.17, 15) is 9.18 Å². The van der Waals surface area contributed by atoms with Gasteiger partial charge in [0.15, 0.2) is 5.69 Å². The second-order valence-electron chi connectivity index (χ2n) is 5.11. The molecule has 116 valence electrons. The Bertz CT molecular complexity index is 857. The van der Waals surface area contributed by atoms with Gasteiger partial charge in [0.05, 0.1) is 6.42 Å². The topological polar surface area (TPSA) is 76.2 Å². The lowest BCUT2D eigenvalue weighted by molar-refractivity contribution is 0.0690. The van der Waals surface area contributed by atoms with E-state index in [1.54, 1.807) is 12.3 Å².